The SMILES string of the molecule is N#Cc1cc(N)c(Br)c(CC(=O)O)c1. The van der Waals surface area contributed by atoms with E-state index in [0.717, 1.165) is 0 Å². The van der Waals surface area contributed by atoms with Crippen LogP contribution in [0, 0.1) is 11.3 Å². The fourth-order valence-electron chi connectivity index (χ4n) is 1.07. The average Bonchev–Trinajstić information content (AvgIpc) is 2.11. The van der Waals surface area contributed by atoms with E-state index in [0.29, 0.717) is 21.3 Å². The van der Waals surface area contributed by atoms with Gasteiger partial charge in [-0.2, -0.15) is 5.26 Å². The van der Waals surface area contributed by atoms with Crippen LogP contribution in [0.25, 0.3) is 0 Å². The molecule has 0 saturated carbocycles. The summed E-state index contributed by atoms with van der Waals surface area (Å²) in [6, 6.07) is 4.92. The second-order valence-electron chi connectivity index (χ2n) is 2.72. The minimum absolute atomic E-state index is 0.152. The van der Waals surface area contributed by atoms with Gasteiger partial charge in [0.15, 0.2) is 0 Å². The molecule has 1 aromatic carbocycles. The van der Waals surface area contributed by atoms with Gasteiger partial charge in [-0.05, 0) is 33.6 Å². The molecule has 0 aliphatic rings. The number of benzene rings is 1. The van der Waals surface area contributed by atoms with E-state index in [-0.39, 0.29) is 6.42 Å². The number of carbonyl (C=O) groups is 1. The molecular formula is C9H7BrN2O2. The number of hydrogen-bond donors (Lipinski definition) is 2. The van der Waals surface area contributed by atoms with E-state index < -0.39 is 5.97 Å². The Bertz CT molecular complexity index is 424. The maximum absolute atomic E-state index is 10.5. The van der Waals surface area contributed by atoms with Crippen molar-refractivity contribution in [2.24, 2.45) is 0 Å². The fraction of sp³-hybridized carbons (Fsp3) is 0.111. The first kappa shape index (κ1) is 10.5. The van der Waals surface area contributed by atoms with Gasteiger partial charge in [-0.3, -0.25) is 4.79 Å². The molecule has 0 fully saturated rings. The quantitative estimate of drug-likeness (QED) is 0.784. The first-order valence-corrected chi connectivity index (χ1v) is 4.53. The molecule has 72 valence electrons. The van der Waals surface area contributed by atoms with Crippen LogP contribution in [0.5, 0.6) is 0 Å². The lowest BCUT2D eigenvalue weighted by Gasteiger charge is -2.05. The summed E-state index contributed by atoms with van der Waals surface area (Å²) < 4.78 is 0.541. The number of nitrogens with two attached hydrogens (primary N) is 1. The number of rotatable bonds is 2. The first-order valence-electron chi connectivity index (χ1n) is 3.74. The Labute approximate surface area is 89.1 Å². The van der Waals surface area contributed by atoms with Crippen LogP contribution >= 0.6 is 15.9 Å². The Hall–Kier alpha value is -1.54. The largest absolute Gasteiger partial charge is 0.481 e. The van der Waals surface area contributed by atoms with Crippen molar-refractivity contribution in [3.05, 3.63) is 27.7 Å². The lowest BCUT2D eigenvalue weighted by Crippen LogP contribution is -2.03. The number of hydrogen-bond acceptors (Lipinski definition) is 3. The van der Waals surface area contributed by atoms with Crippen molar-refractivity contribution >= 4 is 27.6 Å². The van der Waals surface area contributed by atoms with Gasteiger partial charge in [0.25, 0.3) is 0 Å². The van der Waals surface area contributed by atoms with Crippen LogP contribution < -0.4 is 5.73 Å². The molecule has 5 heteroatoms. The molecule has 0 atom stereocenters. The van der Waals surface area contributed by atoms with Crippen molar-refractivity contribution in [3.8, 4) is 6.07 Å². The first-order chi connectivity index (χ1) is 6.54. The molecule has 0 unspecified atom stereocenters. The summed E-state index contributed by atoms with van der Waals surface area (Å²) in [5.41, 5.74) is 6.83. The van der Waals surface area contributed by atoms with Gasteiger partial charge < -0.3 is 10.8 Å². The van der Waals surface area contributed by atoms with Gasteiger partial charge in [-0.25, -0.2) is 0 Å². The monoisotopic (exact) mass is 254 g/mol. The zero-order valence-corrected chi connectivity index (χ0v) is 8.71. The third-order valence-corrected chi connectivity index (χ3v) is 2.61. The predicted molar refractivity (Wildman–Crippen MR) is 54.6 cm³/mol. The van der Waals surface area contributed by atoms with E-state index in [1.54, 1.807) is 0 Å². The highest BCUT2D eigenvalue weighted by atomic mass is 79.9. The topological polar surface area (TPSA) is 87.1 Å². The lowest BCUT2D eigenvalue weighted by atomic mass is 10.1. The van der Waals surface area contributed by atoms with E-state index in [4.69, 9.17) is 16.1 Å². The van der Waals surface area contributed by atoms with Crippen molar-refractivity contribution in [1.82, 2.24) is 0 Å². The maximum atomic E-state index is 10.5. The van der Waals surface area contributed by atoms with E-state index in [1.165, 1.54) is 12.1 Å². The molecule has 0 aromatic heterocycles. The third-order valence-electron chi connectivity index (χ3n) is 1.65. The summed E-state index contributed by atoms with van der Waals surface area (Å²) in [6.45, 7) is 0. The minimum Gasteiger partial charge on any atom is -0.481 e. The van der Waals surface area contributed by atoms with E-state index in [1.807, 2.05) is 6.07 Å². The van der Waals surface area contributed by atoms with Gasteiger partial charge in [0.2, 0.25) is 0 Å². The number of nitrogens with zero attached hydrogens (tertiary/aromatic N) is 1. The number of carboxylic acids is 1. The molecule has 0 aliphatic heterocycles. The van der Waals surface area contributed by atoms with Gasteiger partial charge in [-0.15, -0.1) is 0 Å². The summed E-state index contributed by atoms with van der Waals surface area (Å²) >= 11 is 3.17. The van der Waals surface area contributed by atoms with Gasteiger partial charge in [-0.1, -0.05) is 0 Å². The Balaban J connectivity index is 3.21. The number of nitriles is 1. The predicted octanol–water partition coefficient (Wildman–Crippen LogP) is 1.53. The molecule has 0 saturated heterocycles. The highest BCUT2D eigenvalue weighted by Crippen LogP contribution is 2.26. The van der Waals surface area contributed by atoms with Crippen LogP contribution in [-0.4, -0.2) is 11.1 Å². The Morgan fingerprint density at radius 1 is 1.64 bits per heavy atom. The molecule has 1 rings (SSSR count). The summed E-state index contributed by atoms with van der Waals surface area (Å²) in [7, 11) is 0. The lowest BCUT2D eigenvalue weighted by molar-refractivity contribution is -0.136. The minimum atomic E-state index is -0.958. The summed E-state index contributed by atoms with van der Waals surface area (Å²) in [6.07, 6.45) is -0.152. The number of anilines is 1. The molecule has 0 aliphatic carbocycles. The Kier molecular flexibility index (Phi) is 3.10. The Morgan fingerprint density at radius 3 is 2.79 bits per heavy atom. The van der Waals surface area contributed by atoms with Crippen LogP contribution in [0.4, 0.5) is 5.69 Å². The number of halogens is 1. The van der Waals surface area contributed by atoms with Crippen molar-refractivity contribution in [3.63, 3.8) is 0 Å². The second-order valence-corrected chi connectivity index (χ2v) is 3.51. The molecule has 0 bridgehead atoms. The van der Waals surface area contributed by atoms with Crippen molar-refractivity contribution in [2.45, 2.75) is 6.42 Å². The third kappa shape index (κ3) is 2.24. The number of nitrogen functional groups attached to an aromatic ring is 1. The Morgan fingerprint density at radius 2 is 2.29 bits per heavy atom. The van der Waals surface area contributed by atoms with Crippen LogP contribution in [0.2, 0.25) is 0 Å². The molecule has 0 radical (unpaired) electrons. The van der Waals surface area contributed by atoms with E-state index in [2.05, 4.69) is 15.9 Å². The molecule has 1 aromatic rings. The highest BCUT2D eigenvalue weighted by molar-refractivity contribution is 9.10. The average molecular weight is 255 g/mol. The van der Waals surface area contributed by atoms with Crippen LogP contribution in [0.15, 0.2) is 16.6 Å². The normalized spacial score (nSPS) is 9.43. The molecular weight excluding hydrogens is 248 g/mol. The molecule has 0 amide bonds. The maximum Gasteiger partial charge on any atom is 0.307 e. The zero-order valence-electron chi connectivity index (χ0n) is 7.12. The smallest absolute Gasteiger partial charge is 0.307 e. The van der Waals surface area contributed by atoms with E-state index in [9.17, 15) is 4.79 Å². The number of carboxylic acid groups (broad SMARTS) is 1. The molecule has 3 N–H and O–H groups in total. The van der Waals surface area contributed by atoms with Crippen LogP contribution in [0.1, 0.15) is 11.1 Å². The standard InChI is InChI=1S/C9H7BrN2O2/c10-9-6(3-8(13)14)1-5(4-11)2-7(9)12/h1-2H,3,12H2,(H,13,14). The highest BCUT2D eigenvalue weighted by Gasteiger charge is 2.09. The summed E-state index contributed by atoms with van der Waals surface area (Å²) in [5, 5.41) is 17.2. The van der Waals surface area contributed by atoms with E-state index >= 15 is 0 Å². The van der Waals surface area contributed by atoms with Gasteiger partial charge in [0.1, 0.15) is 0 Å². The summed E-state index contributed by atoms with van der Waals surface area (Å²) in [4.78, 5) is 10.5. The van der Waals surface area contributed by atoms with Crippen LogP contribution in [0.3, 0.4) is 0 Å². The summed E-state index contributed by atoms with van der Waals surface area (Å²) in [5.74, 6) is -0.958. The van der Waals surface area contributed by atoms with Gasteiger partial charge in [0, 0.05) is 10.2 Å². The number of aliphatic carboxylic acids is 1. The van der Waals surface area contributed by atoms with Crippen LogP contribution in [-0.2, 0) is 11.2 Å². The molecule has 0 heterocycles. The second kappa shape index (κ2) is 4.11. The van der Waals surface area contributed by atoms with Crippen molar-refractivity contribution < 1.29 is 9.90 Å². The van der Waals surface area contributed by atoms with Crippen molar-refractivity contribution in [1.29, 1.82) is 5.26 Å². The molecule has 0 spiro atoms. The fourth-order valence-corrected chi connectivity index (χ4v) is 1.43. The zero-order chi connectivity index (χ0) is 10.7. The van der Waals surface area contributed by atoms with Gasteiger partial charge >= 0.3 is 5.97 Å². The molecule has 14 heavy (non-hydrogen) atoms. The molecule has 4 nitrogen and oxygen atoms in total. The van der Waals surface area contributed by atoms with Gasteiger partial charge in [0.05, 0.1) is 18.1 Å². The van der Waals surface area contributed by atoms with Crippen molar-refractivity contribution in [2.75, 3.05) is 5.73 Å².